The van der Waals surface area contributed by atoms with Crippen molar-refractivity contribution < 1.29 is 14.7 Å². The Morgan fingerprint density at radius 3 is 2.65 bits per heavy atom. The number of nitrogens with one attached hydrogen (secondary N) is 1. The molecule has 2 aromatic rings. The van der Waals surface area contributed by atoms with E-state index < -0.39 is 5.97 Å². The Balaban J connectivity index is 1.50. The molecule has 3 heterocycles. The number of amides is 1. The van der Waals surface area contributed by atoms with Gasteiger partial charge in [0.05, 0.1) is 11.9 Å². The quantitative estimate of drug-likeness (QED) is 0.739. The summed E-state index contributed by atoms with van der Waals surface area (Å²) in [5.41, 5.74) is 1.94. The minimum absolute atomic E-state index is 0.129. The van der Waals surface area contributed by atoms with Crippen LogP contribution in [-0.4, -0.2) is 59.6 Å². The van der Waals surface area contributed by atoms with Gasteiger partial charge in [0.2, 0.25) is 0 Å². The van der Waals surface area contributed by atoms with Crippen molar-refractivity contribution in [1.29, 1.82) is 0 Å². The molecule has 1 amide bonds. The van der Waals surface area contributed by atoms with E-state index in [1.807, 2.05) is 19.1 Å². The van der Waals surface area contributed by atoms with Crippen molar-refractivity contribution in [3.63, 3.8) is 0 Å². The third kappa shape index (κ3) is 5.05. The standard InChI is InChI=1S/C24H30N4O3/c1-17-7-2-3-9-20(17)23(29)26-19-13-21(24(30)31)22(25-14-19)28-12-6-8-18(16-28)15-27-10-4-5-11-27/h2-3,7,9,13-14,18H,4-6,8,10-12,15-16H2,1H3,(H,26,29)(H,30,31)/t18-/m0/s1. The first-order valence-corrected chi connectivity index (χ1v) is 11.1. The lowest BCUT2D eigenvalue weighted by molar-refractivity contribution is 0.0696. The number of likely N-dealkylation sites (tertiary alicyclic amines) is 1. The average Bonchev–Trinajstić information content (AvgIpc) is 3.27. The zero-order valence-corrected chi connectivity index (χ0v) is 18.0. The van der Waals surface area contributed by atoms with Crippen LogP contribution in [0.5, 0.6) is 0 Å². The summed E-state index contributed by atoms with van der Waals surface area (Å²) in [4.78, 5) is 33.7. The first kappa shape index (κ1) is 21.3. The van der Waals surface area contributed by atoms with E-state index in [1.165, 1.54) is 38.4 Å². The minimum atomic E-state index is -1.03. The Bertz CT molecular complexity index is 956. The maximum atomic E-state index is 12.6. The van der Waals surface area contributed by atoms with E-state index in [-0.39, 0.29) is 11.5 Å². The number of anilines is 2. The van der Waals surface area contributed by atoms with Crippen LogP contribution in [-0.2, 0) is 0 Å². The number of piperidine rings is 1. The monoisotopic (exact) mass is 422 g/mol. The number of aromatic carboxylic acids is 1. The number of pyridine rings is 1. The highest BCUT2D eigenvalue weighted by Crippen LogP contribution is 2.28. The van der Waals surface area contributed by atoms with Crippen LogP contribution in [0.3, 0.4) is 0 Å². The molecule has 1 atom stereocenters. The number of carboxylic acids is 1. The number of benzene rings is 1. The third-order valence-electron chi connectivity index (χ3n) is 6.28. The van der Waals surface area contributed by atoms with Gasteiger partial charge >= 0.3 is 5.97 Å². The molecule has 0 saturated carbocycles. The Morgan fingerprint density at radius 1 is 1.13 bits per heavy atom. The number of carboxylic acid groups (broad SMARTS) is 1. The molecule has 7 heteroatoms. The van der Waals surface area contributed by atoms with Crippen molar-refractivity contribution in [3.05, 3.63) is 53.2 Å². The molecule has 2 aliphatic rings. The maximum absolute atomic E-state index is 12.6. The lowest BCUT2D eigenvalue weighted by Gasteiger charge is -2.36. The van der Waals surface area contributed by atoms with Crippen molar-refractivity contribution in [2.45, 2.75) is 32.6 Å². The van der Waals surface area contributed by atoms with E-state index in [1.54, 1.807) is 18.3 Å². The molecule has 31 heavy (non-hydrogen) atoms. The molecule has 0 bridgehead atoms. The predicted octanol–water partition coefficient (Wildman–Crippen LogP) is 3.65. The first-order valence-electron chi connectivity index (χ1n) is 11.1. The fourth-order valence-electron chi connectivity index (χ4n) is 4.70. The van der Waals surface area contributed by atoms with Crippen LogP contribution in [0, 0.1) is 12.8 Å². The van der Waals surface area contributed by atoms with Crippen molar-refractivity contribution in [1.82, 2.24) is 9.88 Å². The van der Waals surface area contributed by atoms with Gasteiger partial charge in [-0.25, -0.2) is 9.78 Å². The second kappa shape index (κ2) is 9.47. The van der Waals surface area contributed by atoms with Gasteiger partial charge < -0.3 is 20.2 Å². The summed E-state index contributed by atoms with van der Waals surface area (Å²) in [7, 11) is 0. The molecule has 0 radical (unpaired) electrons. The van der Waals surface area contributed by atoms with E-state index in [0.29, 0.717) is 23.0 Å². The zero-order chi connectivity index (χ0) is 21.8. The molecule has 7 nitrogen and oxygen atoms in total. The van der Waals surface area contributed by atoms with E-state index in [4.69, 9.17) is 0 Å². The summed E-state index contributed by atoms with van der Waals surface area (Å²) in [6, 6.07) is 8.82. The second-order valence-corrected chi connectivity index (χ2v) is 8.63. The average molecular weight is 423 g/mol. The van der Waals surface area contributed by atoms with E-state index in [9.17, 15) is 14.7 Å². The predicted molar refractivity (Wildman–Crippen MR) is 121 cm³/mol. The summed E-state index contributed by atoms with van der Waals surface area (Å²) in [6.45, 7) is 6.91. The lowest BCUT2D eigenvalue weighted by atomic mass is 9.97. The number of carbonyl (C=O) groups excluding carboxylic acids is 1. The number of hydrogen-bond acceptors (Lipinski definition) is 5. The number of carbonyl (C=O) groups is 2. The van der Waals surface area contributed by atoms with Crippen LogP contribution in [0.4, 0.5) is 11.5 Å². The Kier molecular flexibility index (Phi) is 6.51. The summed E-state index contributed by atoms with van der Waals surface area (Å²) in [5.74, 6) is -0.285. The smallest absolute Gasteiger partial charge is 0.339 e. The van der Waals surface area contributed by atoms with Gasteiger partial charge in [0.1, 0.15) is 11.4 Å². The van der Waals surface area contributed by atoms with Gasteiger partial charge in [-0.1, -0.05) is 18.2 Å². The number of aryl methyl sites for hydroxylation is 1. The molecule has 1 aromatic carbocycles. The lowest BCUT2D eigenvalue weighted by Crippen LogP contribution is -2.41. The highest BCUT2D eigenvalue weighted by atomic mass is 16.4. The first-order chi connectivity index (χ1) is 15.0. The van der Waals surface area contributed by atoms with E-state index in [0.717, 1.165) is 31.6 Å². The summed E-state index contributed by atoms with van der Waals surface area (Å²) in [6.07, 6.45) is 6.31. The third-order valence-corrected chi connectivity index (χ3v) is 6.28. The Labute approximate surface area is 183 Å². The largest absolute Gasteiger partial charge is 0.478 e. The van der Waals surface area contributed by atoms with Crippen molar-refractivity contribution in [2.75, 3.05) is 42.9 Å². The second-order valence-electron chi connectivity index (χ2n) is 8.63. The van der Waals surface area contributed by atoms with Crippen LogP contribution in [0.15, 0.2) is 36.5 Å². The fourth-order valence-corrected chi connectivity index (χ4v) is 4.70. The molecule has 0 unspecified atom stereocenters. The Hall–Kier alpha value is -2.93. The van der Waals surface area contributed by atoms with Gasteiger partial charge in [0.15, 0.2) is 0 Å². The van der Waals surface area contributed by atoms with E-state index in [2.05, 4.69) is 20.1 Å². The molecule has 2 N–H and O–H groups in total. The highest BCUT2D eigenvalue weighted by Gasteiger charge is 2.27. The van der Waals surface area contributed by atoms with Crippen molar-refractivity contribution >= 4 is 23.4 Å². The SMILES string of the molecule is Cc1ccccc1C(=O)Nc1cnc(N2CCC[C@@H](CN3CCCC3)C2)c(C(=O)O)c1. The fraction of sp³-hybridized carbons (Fsp3) is 0.458. The van der Waals surface area contributed by atoms with Crippen LogP contribution in [0.25, 0.3) is 0 Å². The van der Waals surface area contributed by atoms with Gasteiger partial charge in [0.25, 0.3) is 5.91 Å². The summed E-state index contributed by atoms with van der Waals surface area (Å²) in [5, 5.41) is 12.6. The van der Waals surface area contributed by atoms with Gasteiger partial charge in [-0.3, -0.25) is 4.79 Å². The number of hydrogen-bond donors (Lipinski definition) is 2. The summed E-state index contributed by atoms with van der Waals surface area (Å²) < 4.78 is 0. The normalized spacial score (nSPS) is 19.4. The topological polar surface area (TPSA) is 85.8 Å². The maximum Gasteiger partial charge on any atom is 0.339 e. The molecule has 4 rings (SSSR count). The molecule has 2 saturated heterocycles. The van der Waals surface area contributed by atoms with Crippen LogP contribution < -0.4 is 10.2 Å². The molecular weight excluding hydrogens is 392 g/mol. The highest BCUT2D eigenvalue weighted by molar-refractivity contribution is 6.06. The molecule has 2 aliphatic heterocycles. The summed E-state index contributed by atoms with van der Waals surface area (Å²) >= 11 is 0. The van der Waals surface area contributed by atoms with Crippen molar-refractivity contribution in [3.8, 4) is 0 Å². The molecular formula is C24H30N4O3. The van der Waals surface area contributed by atoms with Crippen LogP contribution >= 0.6 is 0 Å². The molecule has 0 spiro atoms. The van der Waals surface area contributed by atoms with Crippen molar-refractivity contribution in [2.24, 2.45) is 5.92 Å². The molecule has 0 aliphatic carbocycles. The molecule has 2 fully saturated rings. The number of aromatic nitrogens is 1. The number of nitrogens with zero attached hydrogens (tertiary/aromatic N) is 3. The minimum Gasteiger partial charge on any atom is -0.478 e. The zero-order valence-electron chi connectivity index (χ0n) is 18.0. The van der Waals surface area contributed by atoms with E-state index >= 15 is 0 Å². The number of rotatable bonds is 6. The molecule has 164 valence electrons. The molecule has 1 aromatic heterocycles. The van der Waals surface area contributed by atoms with Gasteiger partial charge in [0, 0.05) is 25.2 Å². The van der Waals surface area contributed by atoms with Gasteiger partial charge in [-0.2, -0.15) is 0 Å². The Morgan fingerprint density at radius 2 is 1.90 bits per heavy atom. The van der Waals surface area contributed by atoms with Gasteiger partial charge in [-0.15, -0.1) is 0 Å². The van der Waals surface area contributed by atoms with Crippen LogP contribution in [0.2, 0.25) is 0 Å². The van der Waals surface area contributed by atoms with Gasteiger partial charge in [-0.05, 0) is 69.3 Å². The van der Waals surface area contributed by atoms with Crippen LogP contribution in [0.1, 0.15) is 52.0 Å².